The number of tetrazole rings is 2. The summed E-state index contributed by atoms with van der Waals surface area (Å²) >= 11 is 3.04. The van der Waals surface area contributed by atoms with Crippen LogP contribution in [0, 0.1) is 0 Å². The van der Waals surface area contributed by atoms with Crippen LogP contribution in [0.15, 0.2) is 80.8 Å². The molecule has 2 aromatic heterocycles. The lowest BCUT2D eigenvalue weighted by Crippen LogP contribution is -2.30. The normalized spacial score (nSPS) is 24.6. The van der Waals surface area contributed by atoms with Gasteiger partial charge in [-0.1, -0.05) is 36.4 Å². The molecule has 0 radical (unpaired) electrons. The zero-order chi connectivity index (χ0) is 21.3. The van der Waals surface area contributed by atoms with Crippen LogP contribution in [0.4, 0.5) is 0 Å². The zero-order valence-corrected chi connectivity index (χ0v) is 18.3. The minimum absolute atomic E-state index is 0.118. The van der Waals surface area contributed by atoms with Crippen molar-refractivity contribution < 1.29 is 9.47 Å². The first-order chi connectivity index (χ1) is 15.9. The van der Waals surface area contributed by atoms with E-state index in [1.165, 1.54) is 23.5 Å². The Morgan fingerprint density at radius 1 is 0.656 bits per heavy atom. The maximum atomic E-state index is 6.18. The molecule has 2 aliphatic heterocycles. The van der Waals surface area contributed by atoms with Gasteiger partial charge in [-0.15, -0.1) is 10.2 Å². The lowest BCUT2D eigenvalue weighted by Gasteiger charge is -2.17. The summed E-state index contributed by atoms with van der Waals surface area (Å²) in [5.74, 6) is 0. The van der Waals surface area contributed by atoms with Crippen molar-refractivity contribution in [3.8, 4) is 0 Å². The van der Waals surface area contributed by atoms with Crippen molar-refractivity contribution in [1.82, 2.24) is 40.4 Å². The Balaban J connectivity index is 1.21. The molecule has 0 saturated carbocycles. The molecule has 0 unspecified atom stereocenters. The molecule has 12 heteroatoms. The van der Waals surface area contributed by atoms with Crippen LogP contribution in [0.1, 0.15) is 12.1 Å². The second kappa shape index (κ2) is 8.62. The van der Waals surface area contributed by atoms with Gasteiger partial charge in [-0.05, 0) is 68.6 Å². The first-order valence-corrected chi connectivity index (χ1v) is 11.7. The van der Waals surface area contributed by atoms with Crippen LogP contribution >= 0.6 is 23.5 Å². The Morgan fingerprint density at radius 2 is 1.09 bits per heavy atom. The van der Waals surface area contributed by atoms with Crippen LogP contribution < -0.4 is 0 Å². The van der Waals surface area contributed by atoms with E-state index < -0.39 is 0 Å². The Kier molecular flexibility index (Phi) is 5.35. The number of ether oxygens (including phenoxy) is 2. The van der Waals surface area contributed by atoms with Crippen LogP contribution in [-0.2, 0) is 9.47 Å². The number of rotatable bonds is 6. The second-order valence-electron chi connectivity index (χ2n) is 7.37. The highest BCUT2D eigenvalue weighted by Gasteiger charge is 2.51. The monoisotopic (exact) mass is 466 g/mol. The molecule has 4 atom stereocenters. The van der Waals surface area contributed by atoms with Gasteiger partial charge in [0.15, 0.2) is 0 Å². The number of nitrogens with zero attached hydrogens (tertiary/aromatic N) is 8. The van der Waals surface area contributed by atoms with Gasteiger partial charge in [0.1, 0.15) is 24.3 Å². The van der Waals surface area contributed by atoms with Crippen molar-refractivity contribution in [2.45, 2.75) is 44.4 Å². The van der Waals surface area contributed by atoms with Crippen molar-refractivity contribution in [3.05, 3.63) is 60.7 Å². The zero-order valence-electron chi connectivity index (χ0n) is 16.7. The van der Waals surface area contributed by atoms with Gasteiger partial charge in [-0.2, -0.15) is 0 Å². The summed E-state index contributed by atoms with van der Waals surface area (Å²) in [6.07, 6.45) is -0.366. The van der Waals surface area contributed by atoms with Gasteiger partial charge in [0.25, 0.3) is 0 Å². The highest BCUT2D eigenvalue weighted by Crippen LogP contribution is 2.41. The fourth-order valence-corrected chi connectivity index (χ4v) is 5.68. The fourth-order valence-electron chi connectivity index (χ4n) is 3.99. The molecule has 162 valence electrons. The third-order valence-corrected chi connectivity index (χ3v) is 7.38. The molecule has 10 nitrogen and oxygen atoms in total. The van der Waals surface area contributed by atoms with Crippen LogP contribution in [0.5, 0.6) is 0 Å². The van der Waals surface area contributed by atoms with E-state index in [0.29, 0.717) is 23.5 Å². The molecule has 0 amide bonds. The molecule has 6 rings (SSSR count). The van der Waals surface area contributed by atoms with E-state index in [4.69, 9.17) is 9.47 Å². The van der Waals surface area contributed by atoms with Crippen LogP contribution in [0.3, 0.4) is 0 Å². The second-order valence-corrected chi connectivity index (χ2v) is 9.45. The summed E-state index contributed by atoms with van der Waals surface area (Å²) in [6, 6.07) is 19.8. The highest BCUT2D eigenvalue weighted by molar-refractivity contribution is 7.99. The summed E-state index contributed by atoms with van der Waals surface area (Å²) < 4.78 is 16.0. The third-order valence-electron chi connectivity index (χ3n) is 5.46. The molecular weight excluding hydrogens is 448 g/mol. The molecule has 0 aliphatic carbocycles. The standard InChI is InChI=1S/C20H18N8O2S2/c1-3-7-13(8-4-1)31-19-21-23-25-27(19)15-11-29-18-16(12-30-17(15)18)28-20(22-24-26-28)32-14-9-5-2-6-10-14/h1-10,15-18H,11-12H2/t15-,16-,17+,18+/m0/s1. The van der Waals surface area contributed by atoms with Crippen molar-refractivity contribution in [3.63, 3.8) is 0 Å². The van der Waals surface area contributed by atoms with Gasteiger partial charge in [-0.25, -0.2) is 9.36 Å². The molecule has 2 aliphatic rings. The minimum atomic E-state index is -0.183. The lowest BCUT2D eigenvalue weighted by molar-refractivity contribution is 0.0589. The highest BCUT2D eigenvalue weighted by atomic mass is 32.2. The number of fused-ring (bicyclic) bond motifs is 1. The van der Waals surface area contributed by atoms with E-state index in [1.54, 1.807) is 0 Å². The van der Waals surface area contributed by atoms with Gasteiger partial charge < -0.3 is 9.47 Å². The van der Waals surface area contributed by atoms with E-state index >= 15 is 0 Å². The predicted molar refractivity (Wildman–Crippen MR) is 114 cm³/mol. The first kappa shape index (κ1) is 19.9. The average molecular weight is 467 g/mol. The molecule has 4 heterocycles. The fraction of sp³-hybridized carbons (Fsp3) is 0.300. The number of hydrogen-bond donors (Lipinski definition) is 0. The average Bonchev–Trinajstić information content (AvgIpc) is 3.60. The molecule has 0 spiro atoms. The topological polar surface area (TPSA) is 106 Å². The Morgan fingerprint density at radius 3 is 1.53 bits per heavy atom. The Labute approximate surface area is 191 Å². The van der Waals surface area contributed by atoms with Crippen LogP contribution in [0.2, 0.25) is 0 Å². The van der Waals surface area contributed by atoms with Crippen LogP contribution in [-0.4, -0.2) is 65.8 Å². The minimum Gasteiger partial charge on any atom is -0.371 e. The number of benzene rings is 2. The summed E-state index contributed by atoms with van der Waals surface area (Å²) in [5.41, 5.74) is 0. The first-order valence-electron chi connectivity index (χ1n) is 10.1. The molecule has 4 aromatic rings. The van der Waals surface area contributed by atoms with E-state index in [1.807, 2.05) is 70.0 Å². The van der Waals surface area contributed by atoms with Gasteiger partial charge in [0, 0.05) is 9.79 Å². The predicted octanol–water partition coefficient (Wildman–Crippen LogP) is 2.54. The van der Waals surface area contributed by atoms with E-state index in [2.05, 4.69) is 31.1 Å². The SMILES string of the molecule is c1ccc(Sc2nnnn2[C@H]2CO[C@H]3[C@@H]2OC[C@@H]3n2nnnc2Sc2ccccc2)cc1. The molecular formula is C20H18N8O2S2. The van der Waals surface area contributed by atoms with E-state index in [-0.39, 0.29) is 24.3 Å². The summed E-state index contributed by atoms with van der Waals surface area (Å²) in [5, 5.41) is 26.1. The molecule has 2 fully saturated rings. The lowest BCUT2D eigenvalue weighted by atomic mass is 10.1. The van der Waals surface area contributed by atoms with Crippen molar-refractivity contribution in [2.24, 2.45) is 0 Å². The van der Waals surface area contributed by atoms with Gasteiger partial charge in [-0.3, -0.25) is 0 Å². The largest absolute Gasteiger partial charge is 0.371 e. The van der Waals surface area contributed by atoms with Crippen molar-refractivity contribution >= 4 is 23.5 Å². The van der Waals surface area contributed by atoms with Gasteiger partial charge in [0.2, 0.25) is 10.3 Å². The van der Waals surface area contributed by atoms with Crippen LogP contribution in [0.25, 0.3) is 0 Å². The smallest absolute Gasteiger partial charge is 0.214 e. The van der Waals surface area contributed by atoms with Gasteiger partial charge >= 0.3 is 0 Å². The van der Waals surface area contributed by atoms with E-state index in [0.717, 1.165) is 9.79 Å². The molecule has 0 bridgehead atoms. The summed E-state index contributed by atoms with van der Waals surface area (Å²) in [4.78, 5) is 2.14. The maximum Gasteiger partial charge on any atom is 0.214 e. The van der Waals surface area contributed by atoms with Crippen molar-refractivity contribution in [2.75, 3.05) is 13.2 Å². The Hall–Kier alpha value is -2.80. The number of aromatic nitrogens is 8. The molecule has 2 aromatic carbocycles. The molecule has 32 heavy (non-hydrogen) atoms. The Bertz CT molecular complexity index is 1090. The molecule has 0 N–H and O–H groups in total. The van der Waals surface area contributed by atoms with Gasteiger partial charge in [0.05, 0.1) is 13.2 Å². The summed E-state index contributed by atoms with van der Waals surface area (Å²) in [7, 11) is 0. The summed E-state index contributed by atoms with van der Waals surface area (Å²) in [6.45, 7) is 0.922. The van der Waals surface area contributed by atoms with E-state index in [9.17, 15) is 0 Å². The van der Waals surface area contributed by atoms with Crippen molar-refractivity contribution in [1.29, 1.82) is 0 Å². The third kappa shape index (κ3) is 3.68. The quantitative estimate of drug-likeness (QED) is 0.421. The maximum absolute atomic E-state index is 6.18. The molecule has 2 saturated heterocycles. The number of hydrogen-bond acceptors (Lipinski definition) is 10.